The third-order valence-electron chi connectivity index (χ3n) is 2.83. The van der Waals surface area contributed by atoms with Crippen LogP contribution in [0.4, 0.5) is 0 Å². The summed E-state index contributed by atoms with van der Waals surface area (Å²) in [7, 11) is 0. The van der Waals surface area contributed by atoms with Crippen LogP contribution in [0.3, 0.4) is 0 Å². The number of para-hydroxylation sites is 1. The molecule has 3 nitrogen and oxygen atoms in total. The van der Waals surface area contributed by atoms with Crippen molar-refractivity contribution >= 4 is 50.4 Å². The number of halogens is 1. The number of hydrogen-bond acceptors (Lipinski definition) is 3. The number of amides is 1. The molecule has 0 fully saturated rings. The molecule has 0 saturated carbocycles. The van der Waals surface area contributed by atoms with Gasteiger partial charge in [-0.25, -0.2) is 0 Å². The van der Waals surface area contributed by atoms with Crippen LogP contribution in [0.5, 0.6) is 0 Å². The number of terminal acetylenes is 1. The molecule has 0 radical (unpaired) electrons. The van der Waals surface area contributed by atoms with Crippen molar-refractivity contribution in [2.45, 2.75) is 6.54 Å². The Bertz CT molecular complexity index is 913. The number of hydrogen-bond donors (Lipinski definition) is 0. The number of thiazole rings is 1. The number of aromatic nitrogens is 1. The Labute approximate surface area is 134 Å². The summed E-state index contributed by atoms with van der Waals surface area (Å²) in [5.74, 6) is 2.31. The van der Waals surface area contributed by atoms with E-state index in [1.54, 1.807) is 16.7 Å². The molecule has 104 valence electrons. The van der Waals surface area contributed by atoms with E-state index in [2.05, 4.69) is 10.9 Å². The highest BCUT2D eigenvalue weighted by atomic mass is 35.5. The third kappa shape index (κ3) is 2.66. The fourth-order valence-corrected chi connectivity index (χ4v) is 3.95. The van der Waals surface area contributed by atoms with Crippen LogP contribution in [0.25, 0.3) is 10.2 Å². The van der Waals surface area contributed by atoms with Crippen LogP contribution in [0.1, 0.15) is 9.67 Å². The lowest BCUT2D eigenvalue weighted by Gasteiger charge is -2.01. The Morgan fingerprint density at radius 3 is 2.95 bits per heavy atom. The maximum absolute atomic E-state index is 12.1. The standard InChI is InChI=1S/C15H9ClN2OS2/c1-2-8-18-13-10(16)5-3-6-11(13)21-15(18)17-14(19)12-7-4-9-20-12/h1,3-7,9H,8H2. The molecule has 3 aromatic rings. The smallest absolute Gasteiger partial charge is 0.289 e. The van der Waals surface area contributed by atoms with Crippen molar-refractivity contribution in [3.05, 3.63) is 50.4 Å². The highest BCUT2D eigenvalue weighted by molar-refractivity contribution is 7.16. The van der Waals surface area contributed by atoms with E-state index in [0.717, 1.165) is 10.2 Å². The van der Waals surface area contributed by atoms with Gasteiger partial charge in [0.05, 0.1) is 26.7 Å². The molecule has 2 aromatic heterocycles. The highest BCUT2D eigenvalue weighted by Crippen LogP contribution is 2.25. The summed E-state index contributed by atoms with van der Waals surface area (Å²) in [5.41, 5.74) is 0.819. The number of carbonyl (C=O) groups is 1. The van der Waals surface area contributed by atoms with Crippen molar-refractivity contribution in [3.63, 3.8) is 0 Å². The molecule has 0 aliphatic rings. The Morgan fingerprint density at radius 1 is 1.38 bits per heavy atom. The molecule has 0 aliphatic carbocycles. The Morgan fingerprint density at radius 2 is 2.24 bits per heavy atom. The van der Waals surface area contributed by atoms with Gasteiger partial charge in [-0.15, -0.1) is 17.8 Å². The molecule has 0 N–H and O–H groups in total. The lowest BCUT2D eigenvalue weighted by Crippen LogP contribution is -2.16. The summed E-state index contributed by atoms with van der Waals surface area (Å²) < 4.78 is 2.75. The summed E-state index contributed by atoms with van der Waals surface area (Å²) in [6, 6.07) is 9.18. The minimum atomic E-state index is -0.265. The Balaban J connectivity index is 2.23. The Kier molecular flexibility index (Phi) is 3.93. The van der Waals surface area contributed by atoms with E-state index < -0.39 is 0 Å². The summed E-state index contributed by atoms with van der Waals surface area (Å²) in [6.07, 6.45) is 5.42. The summed E-state index contributed by atoms with van der Waals surface area (Å²) in [6.45, 7) is 0.320. The fraction of sp³-hybridized carbons (Fsp3) is 0.0667. The second-order valence-corrected chi connectivity index (χ2v) is 6.52. The molecule has 0 spiro atoms. The van der Waals surface area contributed by atoms with Crippen LogP contribution in [-0.2, 0) is 6.54 Å². The minimum absolute atomic E-state index is 0.265. The number of nitrogens with zero attached hydrogens (tertiary/aromatic N) is 2. The zero-order valence-corrected chi connectivity index (χ0v) is 13.1. The molecule has 6 heteroatoms. The van der Waals surface area contributed by atoms with Crippen molar-refractivity contribution in [1.29, 1.82) is 0 Å². The molecule has 21 heavy (non-hydrogen) atoms. The maximum Gasteiger partial charge on any atom is 0.289 e. The van der Waals surface area contributed by atoms with Crippen molar-refractivity contribution in [3.8, 4) is 12.3 Å². The van der Waals surface area contributed by atoms with Gasteiger partial charge in [0.15, 0.2) is 4.80 Å². The second kappa shape index (κ2) is 5.86. The van der Waals surface area contributed by atoms with Gasteiger partial charge in [0.25, 0.3) is 5.91 Å². The van der Waals surface area contributed by atoms with Crippen molar-refractivity contribution < 1.29 is 4.79 Å². The van der Waals surface area contributed by atoms with E-state index in [-0.39, 0.29) is 5.91 Å². The van der Waals surface area contributed by atoms with E-state index in [1.807, 2.05) is 23.6 Å². The van der Waals surface area contributed by atoms with Crippen LogP contribution >= 0.6 is 34.3 Å². The van der Waals surface area contributed by atoms with Crippen molar-refractivity contribution in [2.75, 3.05) is 0 Å². The topological polar surface area (TPSA) is 34.4 Å². The third-order valence-corrected chi connectivity index (χ3v) is 5.04. The van der Waals surface area contributed by atoms with Crippen LogP contribution in [0.15, 0.2) is 40.7 Å². The molecule has 1 aromatic carbocycles. The lowest BCUT2D eigenvalue weighted by molar-refractivity contribution is 0.100. The minimum Gasteiger partial charge on any atom is -0.303 e. The first-order valence-electron chi connectivity index (χ1n) is 6.04. The largest absolute Gasteiger partial charge is 0.303 e. The molecule has 0 aliphatic heterocycles. The van der Waals surface area contributed by atoms with Crippen LogP contribution in [0.2, 0.25) is 5.02 Å². The number of rotatable bonds is 2. The van der Waals surface area contributed by atoms with Crippen molar-refractivity contribution in [2.24, 2.45) is 4.99 Å². The molecule has 0 saturated heterocycles. The van der Waals surface area contributed by atoms with Crippen LogP contribution < -0.4 is 4.80 Å². The first kappa shape index (κ1) is 14.1. The van der Waals surface area contributed by atoms with Gasteiger partial charge in [-0.3, -0.25) is 4.79 Å². The number of carbonyl (C=O) groups excluding carboxylic acids is 1. The van der Waals surface area contributed by atoms with Gasteiger partial charge in [-0.1, -0.05) is 41.0 Å². The van der Waals surface area contributed by atoms with E-state index in [9.17, 15) is 4.79 Å². The molecular weight excluding hydrogens is 324 g/mol. The first-order valence-corrected chi connectivity index (χ1v) is 8.12. The highest BCUT2D eigenvalue weighted by Gasteiger charge is 2.11. The van der Waals surface area contributed by atoms with E-state index in [1.165, 1.54) is 22.7 Å². The maximum atomic E-state index is 12.1. The average molecular weight is 333 g/mol. The molecule has 0 atom stereocenters. The number of thiophene rings is 1. The molecule has 1 amide bonds. The SMILES string of the molecule is C#CCn1c(=NC(=O)c2cccs2)sc2cccc(Cl)c21. The summed E-state index contributed by atoms with van der Waals surface area (Å²) in [5, 5.41) is 2.45. The summed E-state index contributed by atoms with van der Waals surface area (Å²) >= 11 is 9.01. The monoisotopic (exact) mass is 332 g/mol. The molecule has 2 heterocycles. The van der Waals surface area contributed by atoms with Crippen LogP contribution in [-0.4, -0.2) is 10.5 Å². The van der Waals surface area contributed by atoms with Gasteiger partial charge >= 0.3 is 0 Å². The number of fused-ring (bicyclic) bond motifs is 1. The van der Waals surface area contributed by atoms with E-state index >= 15 is 0 Å². The molecule has 0 bridgehead atoms. The molecule has 3 rings (SSSR count). The fourth-order valence-electron chi connectivity index (χ4n) is 1.95. The average Bonchev–Trinajstić information content (AvgIpc) is 3.09. The zero-order valence-electron chi connectivity index (χ0n) is 10.7. The van der Waals surface area contributed by atoms with Gasteiger partial charge in [-0.2, -0.15) is 4.99 Å². The normalized spacial score (nSPS) is 11.7. The first-order chi connectivity index (χ1) is 10.2. The van der Waals surface area contributed by atoms with Gasteiger partial charge in [0.2, 0.25) is 0 Å². The van der Waals surface area contributed by atoms with Gasteiger partial charge in [0, 0.05) is 0 Å². The van der Waals surface area contributed by atoms with Crippen molar-refractivity contribution in [1.82, 2.24) is 4.57 Å². The predicted molar refractivity (Wildman–Crippen MR) is 87.9 cm³/mol. The zero-order chi connectivity index (χ0) is 14.8. The van der Waals surface area contributed by atoms with Gasteiger partial charge in [-0.05, 0) is 23.6 Å². The van der Waals surface area contributed by atoms with Crippen LogP contribution in [0, 0.1) is 12.3 Å². The molecular formula is C15H9ClN2OS2. The van der Waals surface area contributed by atoms with Gasteiger partial charge in [0.1, 0.15) is 0 Å². The Hall–Kier alpha value is -1.87. The number of benzene rings is 1. The van der Waals surface area contributed by atoms with Gasteiger partial charge < -0.3 is 4.57 Å². The van der Waals surface area contributed by atoms with E-state index in [0.29, 0.717) is 21.2 Å². The quantitative estimate of drug-likeness (QED) is 0.657. The lowest BCUT2D eigenvalue weighted by atomic mass is 10.3. The van der Waals surface area contributed by atoms with E-state index in [4.69, 9.17) is 18.0 Å². The second-order valence-electron chi connectivity index (χ2n) is 4.16. The molecule has 0 unspecified atom stereocenters. The predicted octanol–water partition coefficient (Wildman–Crippen LogP) is 3.79. The summed E-state index contributed by atoms with van der Waals surface area (Å²) in [4.78, 5) is 17.5.